The molecule has 7 aromatic carbocycles. The maximum atomic E-state index is 9.92. The Morgan fingerprint density at radius 3 is 1.55 bits per heavy atom. The molecule has 0 bridgehead atoms. The number of nitriles is 1. The molecule has 0 N–H and O–H groups in total. The van der Waals surface area contributed by atoms with E-state index in [0.717, 1.165) is 49.4 Å². The highest BCUT2D eigenvalue weighted by Crippen LogP contribution is 2.45. The Kier molecular flexibility index (Phi) is 5.52. The summed E-state index contributed by atoms with van der Waals surface area (Å²) in [5.41, 5.74) is 6.10. The van der Waals surface area contributed by atoms with Crippen molar-refractivity contribution in [3.05, 3.63) is 145 Å². The van der Waals surface area contributed by atoms with Crippen LogP contribution in [0.5, 0.6) is 0 Å². The van der Waals surface area contributed by atoms with Gasteiger partial charge in [-0.15, -0.1) is 0 Å². The molecule has 0 aliphatic carbocycles. The molecule has 8 rings (SSSR count). The number of hydrogen-bond donors (Lipinski definition) is 0. The second kappa shape index (κ2) is 9.66. The van der Waals surface area contributed by atoms with Crippen LogP contribution in [0.25, 0.3) is 76.7 Å². The first-order chi connectivity index (χ1) is 20.8. The van der Waals surface area contributed by atoms with Gasteiger partial charge in [0.25, 0.3) is 0 Å². The monoisotopic (exact) mass is 533 g/mol. The van der Waals surface area contributed by atoms with Crippen LogP contribution in [-0.4, -0.2) is 9.97 Å². The van der Waals surface area contributed by atoms with Gasteiger partial charge in [-0.2, -0.15) is 5.26 Å². The van der Waals surface area contributed by atoms with Crippen molar-refractivity contribution in [2.75, 3.05) is 0 Å². The maximum absolute atomic E-state index is 9.92. The molecule has 0 saturated heterocycles. The van der Waals surface area contributed by atoms with E-state index in [0.29, 0.717) is 11.4 Å². The molecule has 0 aliphatic rings. The average Bonchev–Trinajstić information content (AvgIpc) is 3.06. The lowest BCUT2D eigenvalue weighted by Gasteiger charge is -2.19. The van der Waals surface area contributed by atoms with E-state index in [1.54, 1.807) is 12.4 Å². The number of hydrogen-bond acceptors (Lipinski definition) is 3. The lowest BCUT2D eigenvalue weighted by molar-refractivity contribution is 1.18. The third kappa shape index (κ3) is 3.90. The summed E-state index contributed by atoms with van der Waals surface area (Å²) in [5, 5.41) is 19.1. The number of nitrogens with zero attached hydrogens (tertiary/aromatic N) is 3. The normalized spacial score (nSPS) is 11.3. The van der Waals surface area contributed by atoms with Gasteiger partial charge in [-0.25, -0.2) is 9.97 Å². The molecule has 1 heterocycles. The van der Waals surface area contributed by atoms with Crippen molar-refractivity contribution in [2.45, 2.75) is 0 Å². The van der Waals surface area contributed by atoms with Gasteiger partial charge in [-0.1, -0.05) is 91.0 Å². The summed E-state index contributed by atoms with van der Waals surface area (Å²) in [5.74, 6) is 0.691. The highest BCUT2D eigenvalue weighted by atomic mass is 14.8. The molecule has 42 heavy (non-hydrogen) atoms. The molecule has 0 atom stereocenters. The summed E-state index contributed by atoms with van der Waals surface area (Å²) in [6.07, 6.45) is 3.56. The van der Waals surface area contributed by atoms with Crippen LogP contribution in [0.2, 0.25) is 0 Å². The molecule has 0 aliphatic heterocycles. The molecular weight excluding hydrogens is 510 g/mol. The van der Waals surface area contributed by atoms with Gasteiger partial charge >= 0.3 is 0 Å². The van der Waals surface area contributed by atoms with Crippen LogP contribution in [0.3, 0.4) is 0 Å². The Labute approximate surface area is 243 Å². The fourth-order valence-electron chi connectivity index (χ4n) is 6.20. The predicted octanol–water partition coefficient (Wildman–Crippen LogP) is 9.96. The molecule has 0 radical (unpaired) electrons. The first-order valence-electron chi connectivity index (χ1n) is 14.0. The van der Waals surface area contributed by atoms with Crippen LogP contribution in [0, 0.1) is 11.3 Å². The third-order valence-electron chi connectivity index (χ3n) is 8.15. The topological polar surface area (TPSA) is 49.6 Å². The summed E-state index contributed by atoms with van der Waals surface area (Å²) in [4.78, 5) is 9.10. The molecule has 0 fully saturated rings. The predicted molar refractivity (Wildman–Crippen MR) is 173 cm³/mol. The summed E-state index contributed by atoms with van der Waals surface area (Å²) >= 11 is 0. The van der Waals surface area contributed by atoms with E-state index in [1.165, 1.54) is 21.5 Å². The van der Waals surface area contributed by atoms with Gasteiger partial charge in [0.1, 0.15) is 0 Å². The van der Waals surface area contributed by atoms with Gasteiger partial charge in [0.15, 0.2) is 5.82 Å². The summed E-state index contributed by atoms with van der Waals surface area (Å²) in [7, 11) is 0. The van der Waals surface area contributed by atoms with Crippen molar-refractivity contribution < 1.29 is 0 Å². The standard InChI is InChI=1S/C39H23N3/c40-24-25-10-16-33-35(20-25)37(30-13-11-26-6-1-3-8-28(26)21-30)34-17-15-32(39-41-18-5-19-42-39)23-36(34)38(33)31-14-12-27-7-2-4-9-29(27)22-31/h1-23H. The van der Waals surface area contributed by atoms with Crippen LogP contribution < -0.4 is 0 Å². The van der Waals surface area contributed by atoms with E-state index in [1.807, 2.05) is 18.2 Å². The molecule has 0 spiro atoms. The minimum atomic E-state index is 0.641. The molecule has 8 aromatic rings. The van der Waals surface area contributed by atoms with E-state index in [2.05, 4.69) is 125 Å². The molecule has 1 aromatic heterocycles. The maximum Gasteiger partial charge on any atom is 0.159 e. The zero-order valence-electron chi connectivity index (χ0n) is 22.6. The van der Waals surface area contributed by atoms with Crippen molar-refractivity contribution in [3.63, 3.8) is 0 Å². The Hall–Kier alpha value is -5.85. The van der Waals surface area contributed by atoms with Gasteiger partial charge in [-0.3, -0.25) is 0 Å². The molecule has 3 nitrogen and oxygen atoms in total. The third-order valence-corrected chi connectivity index (χ3v) is 8.15. The van der Waals surface area contributed by atoms with Crippen LogP contribution >= 0.6 is 0 Å². The fourth-order valence-corrected chi connectivity index (χ4v) is 6.20. The van der Waals surface area contributed by atoms with Gasteiger partial charge in [0, 0.05) is 18.0 Å². The van der Waals surface area contributed by atoms with Gasteiger partial charge < -0.3 is 0 Å². The lowest BCUT2D eigenvalue weighted by Crippen LogP contribution is -1.94. The highest BCUT2D eigenvalue weighted by molar-refractivity contribution is 6.22. The summed E-state index contributed by atoms with van der Waals surface area (Å²) in [6.45, 7) is 0. The van der Waals surface area contributed by atoms with Crippen LogP contribution in [0.1, 0.15) is 5.56 Å². The molecule has 0 saturated carbocycles. The van der Waals surface area contributed by atoms with Gasteiger partial charge in [-0.05, 0) is 102 Å². The smallest absolute Gasteiger partial charge is 0.159 e. The first kappa shape index (κ1) is 24.0. The quantitative estimate of drug-likeness (QED) is 0.212. The minimum Gasteiger partial charge on any atom is -0.237 e. The number of aromatic nitrogens is 2. The van der Waals surface area contributed by atoms with Crippen LogP contribution in [0.4, 0.5) is 0 Å². The Balaban J connectivity index is 1.54. The van der Waals surface area contributed by atoms with E-state index >= 15 is 0 Å². The number of benzene rings is 7. The first-order valence-corrected chi connectivity index (χ1v) is 14.0. The second-order valence-electron chi connectivity index (χ2n) is 10.6. The number of rotatable bonds is 3. The van der Waals surface area contributed by atoms with E-state index in [9.17, 15) is 5.26 Å². The fraction of sp³-hybridized carbons (Fsp3) is 0. The van der Waals surface area contributed by atoms with Crippen molar-refractivity contribution in [1.82, 2.24) is 9.97 Å². The van der Waals surface area contributed by atoms with Crippen molar-refractivity contribution in [2.24, 2.45) is 0 Å². The Bertz CT molecular complexity index is 2370. The highest BCUT2D eigenvalue weighted by Gasteiger charge is 2.19. The van der Waals surface area contributed by atoms with Crippen LogP contribution in [0.15, 0.2) is 140 Å². The second-order valence-corrected chi connectivity index (χ2v) is 10.6. The van der Waals surface area contributed by atoms with Crippen molar-refractivity contribution >= 4 is 43.1 Å². The van der Waals surface area contributed by atoms with E-state index in [-0.39, 0.29) is 0 Å². The van der Waals surface area contributed by atoms with E-state index in [4.69, 9.17) is 0 Å². The molecule has 0 unspecified atom stereocenters. The largest absolute Gasteiger partial charge is 0.237 e. The van der Waals surface area contributed by atoms with Crippen molar-refractivity contribution in [1.29, 1.82) is 5.26 Å². The van der Waals surface area contributed by atoms with Gasteiger partial charge in [0.05, 0.1) is 11.6 Å². The lowest BCUT2D eigenvalue weighted by atomic mass is 9.84. The van der Waals surface area contributed by atoms with Gasteiger partial charge in [0.2, 0.25) is 0 Å². The molecule has 0 amide bonds. The minimum absolute atomic E-state index is 0.641. The SMILES string of the molecule is N#Cc1ccc2c(-c3ccc4ccccc4c3)c3cc(-c4ncccn4)ccc3c(-c3ccc4ccccc4c3)c2c1. The average molecular weight is 534 g/mol. The molecule has 3 heteroatoms. The van der Waals surface area contributed by atoms with Crippen molar-refractivity contribution in [3.8, 4) is 39.7 Å². The van der Waals surface area contributed by atoms with E-state index < -0.39 is 0 Å². The Morgan fingerprint density at radius 1 is 0.429 bits per heavy atom. The zero-order chi connectivity index (χ0) is 28.0. The van der Waals surface area contributed by atoms with Crippen LogP contribution in [-0.2, 0) is 0 Å². The number of fused-ring (bicyclic) bond motifs is 4. The summed E-state index contributed by atoms with van der Waals surface area (Å²) in [6, 6.07) is 47.0. The molecular formula is C39H23N3. The summed E-state index contributed by atoms with van der Waals surface area (Å²) < 4.78 is 0. The zero-order valence-corrected chi connectivity index (χ0v) is 22.6. The Morgan fingerprint density at radius 2 is 0.952 bits per heavy atom. The molecule has 194 valence electrons.